The summed E-state index contributed by atoms with van der Waals surface area (Å²) in [4.78, 5) is 52.9. The summed E-state index contributed by atoms with van der Waals surface area (Å²) in [5.41, 5.74) is 4.16. The number of aldehydes is 1. The monoisotopic (exact) mass is 718 g/mol. The van der Waals surface area contributed by atoms with Crippen molar-refractivity contribution in [3.63, 3.8) is 0 Å². The molecule has 1 aliphatic carbocycles. The summed E-state index contributed by atoms with van der Waals surface area (Å²) in [6, 6.07) is 7.23. The molecule has 1 spiro atoms. The fourth-order valence-corrected chi connectivity index (χ4v) is 7.25. The lowest BCUT2D eigenvalue weighted by Crippen LogP contribution is -2.50. The zero-order valence-electron chi connectivity index (χ0n) is 27.7. The molecule has 13 heteroatoms. The number of amides is 1. The Kier molecular flexibility index (Phi) is 9.82. The number of anilines is 1. The number of carbonyl (C=O) groups is 3. The first-order chi connectivity index (χ1) is 23.0. The van der Waals surface area contributed by atoms with Crippen LogP contribution >= 0.6 is 15.9 Å². The Morgan fingerprint density at radius 2 is 1.85 bits per heavy atom. The van der Waals surface area contributed by atoms with Gasteiger partial charge in [0.2, 0.25) is 5.91 Å². The lowest BCUT2D eigenvalue weighted by Gasteiger charge is -2.41. The van der Waals surface area contributed by atoms with Crippen molar-refractivity contribution < 1.29 is 18.8 Å². The van der Waals surface area contributed by atoms with Crippen LogP contribution in [0.15, 0.2) is 41.3 Å². The van der Waals surface area contributed by atoms with Crippen molar-refractivity contribution in [1.82, 2.24) is 34.5 Å². The highest BCUT2D eigenvalue weighted by molar-refractivity contribution is 9.10. The fraction of sp³-hybridized carbons (Fsp3) is 0.457. The number of likely N-dealkylation sites (tertiary alicyclic amines) is 2. The molecule has 2 aliphatic heterocycles. The van der Waals surface area contributed by atoms with Gasteiger partial charge in [0.1, 0.15) is 34.9 Å². The van der Waals surface area contributed by atoms with E-state index in [-0.39, 0.29) is 30.0 Å². The van der Waals surface area contributed by atoms with Gasteiger partial charge < -0.3 is 15.0 Å². The SMILES string of the molecule is CC(=O)c1nn(CC=O)c2c(CF)cc(-c3cnc(C)nc3)cc12.Cc1ccc(Br)nc1NC(=O)C1CC(CN2CC3(CC3)C2)CN1C. The number of alkyl halides is 1. The quantitative estimate of drug-likeness (QED) is 0.142. The second kappa shape index (κ2) is 13.9. The van der Waals surface area contributed by atoms with E-state index < -0.39 is 6.67 Å². The van der Waals surface area contributed by atoms with E-state index in [0.717, 1.165) is 35.2 Å². The molecule has 1 aromatic carbocycles. The summed E-state index contributed by atoms with van der Waals surface area (Å²) in [6.45, 7) is 9.07. The number of nitrogens with one attached hydrogen (secondary N) is 1. The number of ketones is 1. The Bertz CT molecular complexity index is 1850. The summed E-state index contributed by atoms with van der Waals surface area (Å²) in [6.07, 6.45) is 7.76. The van der Waals surface area contributed by atoms with Gasteiger partial charge in [0.15, 0.2) is 5.78 Å². The number of likely N-dealkylation sites (N-methyl/N-ethyl adjacent to an activating group) is 1. The number of carbonyl (C=O) groups excluding carboxylic acids is 3. The van der Waals surface area contributed by atoms with Crippen molar-refractivity contribution in [2.75, 3.05) is 38.5 Å². The molecule has 48 heavy (non-hydrogen) atoms. The third kappa shape index (κ3) is 7.23. The minimum Gasteiger partial charge on any atom is -0.309 e. The second-order valence-electron chi connectivity index (χ2n) is 13.5. The molecule has 1 N–H and O–H groups in total. The molecule has 3 aromatic heterocycles. The predicted molar refractivity (Wildman–Crippen MR) is 184 cm³/mol. The summed E-state index contributed by atoms with van der Waals surface area (Å²) in [5.74, 6) is 1.71. The Labute approximate surface area is 287 Å². The van der Waals surface area contributed by atoms with E-state index in [2.05, 4.69) is 58.1 Å². The number of fused-ring (bicyclic) bond motifs is 1. The van der Waals surface area contributed by atoms with Crippen LogP contribution in [-0.4, -0.2) is 91.8 Å². The van der Waals surface area contributed by atoms with Crippen LogP contribution in [0.5, 0.6) is 0 Å². The molecular formula is C35H40BrFN8O3. The van der Waals surface area contributed by atoms with Crippen LogP contribution < -0.4 is 5.32 Å². The van der Waals surface area contributed by atoms with Gasteiger partial charge in [-0.1, -0.05) is 6.07 Å². The van der Waals surface area contributed by atoms with Gasteiger partial charge >= 0.3 is 0 Å². The van der Waals surface area contributed by atoms with Crippen LogP contribution in [0.25, 0.3) is 22.0 Å². The first kappa shape index (κ1) is 33.9. The normalized spacial score (nSPS) is 19.9. The molecule has 4 aromatic rings. The van der Waals surface area contributed by atoms with Gasteiger partial charge in [-0.05, 0) is 96.7 Å². The highest BCUT2D eigenvalue weighted by Crippen LogP contribution is 2.53. The Hall–Kier alpha value is -3.94. The van der Waals surface area contributed by atoms with Crippen molar-refractivity contribution in [3.05, 3.63) is 63.9 Å². The molecular weight excluding hydrogens is 679 g/mol. The smallest absolute Gasteiger partial charge is 0.242 e. The molecule has 3 fully saturated rings. The highest BCUT2D eigenvalue weighted by Gasteiger charge is 2.52. The van der Waals surface area contributed by atoms with Crippen LogP contribution in [0, 0.1) is 25.2 Å². The first-order valence-corrected chi connectivity index (χ1v) is 17.0. The van der Waals surface area contributed by atoms with E-state index >= 15 is 0 Å². The van der Waals surface area contributed by atoms with E-state index in [9.17, 15) is 18.8 Å². The molecule has 1 amide bonds. The standard InChI is InChI=1S/C18H25BrN4O.C17H15FN4O2/c1-12-3-4-15(19)20-16(12)21-17(24)14-7-13(8-22(14)2)9-23-10-18(11-23)5-6-18;1-10(24)16-15-6-12(14-8-19-11(2)20-9-14)5-13(7-18)17(15)22(21-16)3-4-23/h3-4,13-14H,5-11H2,1-2H3,(H,20,21,24);4-6,8-9H,3,7H2,1-2H3. The molecule has 2 unspecified atom stereocenters. The van der Waals surface area contributed by atoms with Crippen molar-refractivity contribution in [1.29, 1.82) is 0 Å². The van der Waals surface area contributed by atoms with E-state index in [4.69, 9.17) is 0 Å². The lowest BCUT2D eigenvalue weighted by atomic mass is 9.94. The lowest BCUT2D eigenvalue weighted by molar-refractivity contribution is -0.120. The molecule has 2 saturated heterocycles. The van der Waals surface area contributed by atoms with Crippen molar-refractivity contribution in [3.8, 4) is 11.1 Å². The molecule has 7 rings (SSSR count). The zero-order chi connectivity index (χ0) is 34.2. The summed E-state index contributed by atoms with van der Waals surface area (Å²) >= 11 is 3.37. The number of hydrogen-bond donors (Lipinski definition) is 1. The van der Waals surface area contributed by atoms with Crippen LogP contribution in [-0.2, 0) is 22.8 Å². The Morgan fingerprint density at radius 3 is 2.50 bits per heavy atom. The molecule has 3 aliphatic rings. The van der Waals surface area contributed by atoms with E-state index in [1.807, 2.05) is 19.1 Å². The molecule has 252 valence electrons. The summed E-state index contributed by atoms with van der Waals surface area (Å²) in [7, 11) is 2.06. The van der Waals surface area contributed by atoms with Crippen molar-refractivity contribution in [2.45, 2.75) is 59.3 Å². The number of pyridine rings is 1. The van der Waals surface area contributed by atoms with Crippen molar-refractivity contribution >= 4 is 50.6 Å². The maximum absolute atomic E-state index is 13.6. The van der Waals surface area contributed by atoms with Gasteiger partial charge in [-0.3, -0.25) is 19.2 Å². The van der Waals surface area contributed by atoms with E-state index in [1.54, 1.807) is 31.5 Å². The number of aryl methyl sites for hydroxylation is 2. The Morgan fingerprint density at radius 1 is 1.12 bits per heavy atom. The number of nitrogens with zero attached hydrogens (tertiary/aromatic N) is 7. The molecule has 0 bridgehead atoms. The second-order valence-corrected chi connectivity index (χ2v) is 14.3. The maximum atomic E-state index is 13.6. The molecule has 1 saturated carbocycles. The van der Waals surface area contributed by atoms with Crippen LogP contribution in [0.2, 0.25) is 0 Å². The predicted octanol–water partition coefficient (Wildman–Crippen LogP) is 5.18. The minimum absolute atomic E-state index is 0.0379. The number of benzene rings is 1. The highest BCUT2D eigenvalue weighted by atomic mass is 79.9. The van der Waals surface area contributed by atoms with Crippen LogP contribution in [0.3, 0.4) is 0 Å². The average molecular weight is 720 g/mol. The van der Waals surface area contributed by atoms with Crippen LogP contribution in [0.1, 0.15) is 53.6 Å². The number of rotatable bonds is 9. The van der Waals surface area contributed by atoms with Gasteiger partial charge in [0.25, 0.3) is 0 Å². The molecule has 11 nitrogen and oxygen atoms in total. The number of hydrogen-bond acceptors (Lipinski definition) is 9. The average Bonchev–Trinajstić information content (AvgIpc) is 3.63. The molecule has 0 radical (unpaired) electrons. The van der Waals surface area contributed by atoms with Crippen molar-refractivity contribution in [2.24, 2.45) is 11.3 Å². The van der Waals surface area contributed by atoms with E-state index in [1.165, 1.54) is 37.5 Å². The third-order valence-electron chi connectivity index (χ3n) is 9.60. The van der Waals surface area contributed by atoms with Gasteiger partial charge in [-0.15, -0.1) is 0 Å². The number of aromatic nitrogens is 5. The summed E-state index contributed by atoms with van der Waals surface area (Å²) in [5, 5.41) is 7.71. The maximum Gasteiger partial charge on any atom is 0.242 e. The summed E-state index contributed by atoms with van der Waals surface area (Å²) < 4.78 is 15.7. The minimum atomic E-state index is -0.737. The Balaban J connectivity index is 0.000000167. The van der Waals surface area contributed by atoms with Gasteiger partial charge in [-0.2, -0.15) is 5.10 Å². The number of Topliss-reactive ketones (excluding diaryl/α,β-unsaturated/α-hetero) is 1. The van der Waals surface area contributed by atoms with Gasteiger partial charge in [0.05, 0.1) is 18.1 Å². The zero-order valence-corrected chi connectivity index (χ0v) is 29.3. The topological polar surface area (TPSA) is 126 Å². The van der Waals surface area contributed by atoms with Crippen LogP contribution in [0.4, 0.5) is 10.2 Å². The largest absolute Gasteiger partial charge is 0.309 e. The molecule has 2 atom stereocenters. The third-order valence-corrected chi connectivity index (χ3v) is 10.0. The molecule has 5 heterocycles. The fourth-order valence-electron chi connectivity index (χ4n) is 6.94. The van der Waals surface area contributed by atoms with E-state index in [0.29, 0.717) is 51.3 Å². The number of halogens is 2. The van der Waals surface area contributed by atoms with Gasteiger partial charge in [0, 0.05) is 62.0 Å². The first-order valence-electron chi connectivity index (χ1n) is 16.2. The van der Waals surface area contributed by atoms with Gasteiger partial charge in [-0.25, -0.2) is 19.3 Å².